The van der Waals surface area contributed by atoms with Crippen molar-refractivity contribution in [2.45, 2.75) is 40.7 Å². The van der Waals surface area contributed by atoms with Crippen LogP contribution in [0.25, 0.3) is 6.08 Å². The van der Waals surface area contributed by atoms with E-state index >= 15 is 0 Å². The molecule has 158 valence electrons. The van der Waals surface area contributed by atoms with Crippen LogP contribution < -0.4 is 5.32 Å². The van der Waals surface area contributed by atoms with E-state index in [9.17, 15) is 14.9 Å². The van der Waals surface area contributed by atoms with E-state index in [4.69, 9.17) is 16.3 Å². The highest BCUT2D eigenvalue weighted by Crippen LogP contribution is 2.20. The Kier molecular flexibility index (Phi) is 8.19. The predicted molar refractivity (Wildman–Crippen MR) is 116 cm³/mol. The zero-order chi connectivity index (χ0) is 22.3. The quantitative estimate of drug-likeness (QED) is 0.293. The van der Waals surface area contributed by atoms with Crippen LogP contribution in [0.4, 0.5) is 5.69 Å². The summed E-state index contributed by atoms with van der Waals surface area (Å²) < 4.78 is 7.15. The third-order valence-electron chi connectivity index (χ3n) is 4.55. The van der Waals surface area contributed by atoms with Crippen LogP contribution in [0, 0.1) is 31.1 Å². The van der Waals surface area contributed by atoms with Gasteiger partial charge in [-0.2, -0.15) is 5.26 Å². The molecule has 2 rings (SSSR count). The lowest BCUT2D eigenvalue weighted by Gasteiger charge is -2.11. The molecule has 30 heavy (non-hydrogen) atoms. The number of nitrogens with one attached hydrogen (secondary N) is 1. The number of nitrogens with zero attached hydrogens (tertiary/aromatic N) is 3. The molecule has 0 aromatic carbocycles. The number of rotatable bonds is 8. The lowest BCUT2D eigenvalue weighted by Crippen LogP contribution is -2.21. The first-order valence-electron chi connectivity index (χ1n) is 9.59. The molecule has 0 bridgehead atoms. The van der Waals surface area contributed by atoms with E-state index in [2.05, 4.69) is 28.7 Å². The van der Waals surface area contributed by atoms with Crippen molar-refractivity contribution in [3.63, 3.8) is 0 Å². The Balaban J connectivity index is 2.05. The van der Waals surface area contributed by atoms with Crippen LogP contribution >= 0.6 is 11.6 Å². The molecule has 1 N–H and O–H groups in total. The smallest absolute Gasteiger partial charge is 0.349 e. The molecule has 0 fully saturated rings. The number of carbonyl (C=O) groups excluding carboxylic acids is 2. The van der Waals surface area contributed by atoms with E-state index in [1.54, 1.807) is 12.1 Å². The number of nitriles is 1. The molecular formula is C22H25ClN4O3. The molecule has 0 saturated heterocycles. The molecule has 2 aromatic rings. The maximum Gasteiger partial charge on any atom is 0.349 e. The van der Waals surface area contributed by atoms with Gasteiger partial charge in [0, 0.05) is 24.1 Å². The number of pyridine rings is 1. The summed E-state index contributed by atoms with van der Waals surface area (Å²) in [6.45, 7) is 8.59. The highest BCUT2D eigenvalue weighted by Gasteiger charge is 2.16. The van der Waals surface area contributed by atoms with Gasteiger partial charge in [-0.05, 0) is 56.0 Å². The molecule has 1 amide bonds. The molecule has 0 unspecified atom stereocenters. The molecule has 0 aliphatic heterocycles. The maximum absolute atomic E-state index is 12.3. The minimum Gasteiger partial charge on any atom is -0.451 e. The Bertz CT molecular complexity index is 1000. The molecule has 0 atom stereocenters. The van der Waals surface area contributed by atoms with Gasteiger partial charge in [-0.3, -0.25) is 4.79 Å². The van der Waals surface area contributed by atoms with Crippen molar-refractivity contribution in [1.29, 1.82) is 5.26 Å². The Morgan fingerprint density at radius 3 is 2.77 bits per heavy atom. The van der Waals surface area contributed by atoms with Crippen molar-refractivity contribution in [1.82, 2.24) is 9.55 Å². The van der Waals surface area contributed by atoms with E-state index in [0.29, 0.717) is 11.6 Å². The van der Waals surface area contributed by atoms with Gasteiger partial charge in [0.1, 0.15) is 11.6 Å². The number of hydrogen-bond acceptors (Lipinski definition) is 5. The maximum atomic E-state index is 12.3. The number of esters is 1. The number of halogens is 1. The van der Waals surface area contributed by atoms with Crippen LogP contribution in [0.2, 0.25) is 5.15 Å². The first-order valence-corrected chi connectivity index (χ1v) is 9.96. The molecule has 2 aromatic heterocycles. The van der Waals surface area contributed by atoms with E-state index in [1.165, 1.54) is 12.3 Å². The Morgan fingerprint density at radius 2 is 2.13 bits per heavy atom. The van der Waals surface area contributed by atoms with Gasteiger partial charge in [0.05, 0.1) is 5.69 Å². The molecule has 0 spiro atoms. The summed E-state index contributed by atoms with van der Waals surface area (Å²) in [5.74, 6) is -0.873. The second-order valence-electron chi connectivity index (χ2n) is 7.30. The summed E-state index contributed by atoms with van der Waals surface area (Å²) >= 11 is 5.88. The second kappa shape index (κ2) is 10.6. The van der Waals surface area contributed by atoms with Crippen LogP contribution in [0.5, 0.6) is 0 Å². The number of amides is 1. The van der Waals surface area contributed by atoms with E-state index < -0.39 is 18.5 Å². The van der Waals surface area contributed by atoms with Crippen LogP contribution in [0.3, 0.4) is 0 Å². The summed E-state index contributed by atoms with van der Waals surface area (Å²) in [5, 5.41) is 12.0. The fraction of sp³-hybridized carbons (Fsp3) is 0.364. The van der Waals surface area contributed by atoms with Crippen LogP contribution in [0.15, 0.2) is 30.0 Å². The average molecular weight is 429 g/mol. The standard InChI is InChI=1S/C22H25ClN4O3/c1-14(2)7-9-27-15(3)10-17(16(27)4)11-18(12-24)22(29)30-13-20(28)26-19-6-5-8-25-21(19)23/h5-6,8,10-11,14H,7,9,13H2,1-4H3,(H,26,28)/b18-11-. The molecule has 7 nitrogen and oxygen atoms in total. The number of carbonyl (C=O) groups is 2. The summed E-state index contributed by atoms with van der Waals surface area (Å²) in [5.41, 5.74) is 2.93. The van der Waals surface area contributed by atoms with Crippen molar-refractivity contribution in [2.24, 2.45) is 5.92 Å². The van der Waals surface area contributed by atoms with Crippen molar-refractivity contribution in [3.05, 3.63) is 52.1 Å². The predicted octanol–water partition coefficient (Wildman–Crippen LogP) is 4.29. The third kappa shape index (κ3) is 6.19. The number of ether oxygens (including phenoxy) is 1. The minimum absolute atomic E-state index is 0.127. The van der Waals surface area contributed by atoms with Gasteiger partial charge in [0.2, 0.25) is 0 Å². The summed E-state index contributed by atoms with van der Waals surface area (Å²) in [6.07, 6.45) is 4.01. The van der Waals surface area contributed by atoms with Crippen LogP contribution in [-0.4, -0.2) is 28.0 Å². The summed E-state index contributed by atoms with van der Waals surface area (Å²) in [7, 11) is 0. The first kappa shape index (κ1) is 23.2. The van der Waals surface area contributed by atoms with E-state index in [-0.39, 0.29) is 10.7 Å². The van der Waals surface area contributed by atoms with Crippen molar-refractivity contribution >= 4 is 35.2 Å². The first-order chi connectivity index (χ1) is 14.2. The lowest BCUT2D eigenvalue weighted by molar-refractivity contribution is -0.142. The van der Waals surface area contributed by atoms with Crippen LogP contribution in [-0.2, 0) is 20.9 Å². The van der Waals surface area contributed by atoms with Crippen molar-refractivity contribution < 1.29 is 14.3 Å². The number of anilines is 1. The molecule has 0 saturated carbocycles. The van der Waals surface area contributed by atoms with Gasteiger partial charge in [-0.1, -0.05) is 25.4 Å². The molecule has 0 radical (unpaired) electrons. The van der Waals surface area contributed by atoms with Gasteiger partial charge in [-0.25, -0.2) is 9.78 Å². The van der Waals surface area contributed by atoms with Gasteiger partial charge < -0.3 is 14.6 Å². The largest absolute Gasteiger partial charge is 0.451 e. The van der Waals surface area contributed by atoms with E-state index in [1.807, 2.05) is 26.0 Å². The molecule has 0 aliphatic rings. The fourth-order valence-corrected chi connectivity index (χ4v) is 3.04. The second-order valence-corrected chi connectivity index (χ2v) is 7.65. The SMILES string of the molecule is Cc1cc(/C=C(/C#N)C(=O)OCC(=O)Nc2cccnc2Cl)c(C)n1CCC(C)C. The van der Waals surface area contributed by atoms with Gasteiger partial charge in [0.25, 0.3) is 5.91 Å². The van der Waals surface area contributed by atoms with Gasteiger partial charge >= 0.3 is 5.97 Å². The highest BCUT2D eigenvalue weighted by molar-refractivity contribution is 6.32. The Labute approximate surface area is 181 Å². The van der Waals surface area contributed by atoms with E-state index in [0.717, 1.165) is 29.9 Å². The third-order valence-corrected chi connectivity index (χ3v) is 4.85. The molecule has 8 heteroatoms. The number of aryl methyl sites for hydroxylation is 1. The molecule has 2 heterocycles. The zero-order valence-corrected chi connectivity index (χ0v) is 18.3. The Morgan fingerprint density at radius 1 is 1.40 bits per heavy atom. The fourth-order valence-electron chi connectivity index (χ4n) is 2.87. The number of hydrogen-bond donors (Lipinski definition) is 1. The summed E-state index contributed by atoms with van der Waals surface area (Å²) in [4.78, 5) is 28.1. The zero-order valence-electron chi connectivity index (χ0n) is 17.5. The van der Waals surface area contributed by atoms with Crippen molar-refractivity contribution in [3.8, 4) is 6.07 Å². The summed E-state index contributed by atoms with van der Waals surface area (Å²) in [6, 6.07) is 6.97. The van der Waals surface area contributed by atoms with Crippen LogP contribution in [0.1, 0.15) is 37.2 Å². The average Bonchev–Trinajstić information content (AvgIpc) is 2.97. The minimum atomic E-state index is -0.864. The lowest BCUT2D eigenvalue weighted by atomic mass is 10.1. The number of aromatic nitrogens is 2. The highest BCUT2D eigenvalue weighted by atomic mass is 35.5. The monoisotopic (exact) mass is 428 g/mol. The van der Waals surface area contributed by atoms with Crippen molar-refractivity contribution in [2.75, 3.05) is 11.9 Å². The van der Waals surface area contributed by atoms with Gasteiger partial charge in [0.15, 0.2) is 11.8 Å². The van der Waals surface area contributed by atoms with Gasteiger partial charge in [-0.15, -0.1) is 0 Å². The molecular weight excluding hydrogens is 404 g/mol. The topological polar surface area (TPSA) is 97.0 Å². The normalized spacial score (nSPS) is 11.3. The Hall–Kier alpha value is -3.11. The molecule has 0 aliphatic carbocycles.